The number of imidazole rings is 1. The SMILES string of the molecule is Cc1ccc2c(c1)N(CC(=O)NCCCn1ccnc1)CC(=O)O2. The molecule has 0 unspecified atom stereocenters. The summed E-state index contributed by atoms with van der Waals surface area (Å²) in [5, 5.41) is 2.89. The van der Waals surface area contributed by atoms with Crippen molar-refractivity contribution in [1.29, 1.82) is 0 Å². The normalized spacial score (nSPS) is 13.4. The number of ether oxygens (including phenoxy) is 1. The van der Waals surface area contributed by atoms with Crippen LogP contribution in [0.15, 0.2) is 36.9 Å². The van der Waals surface area contributed by atoms with Gasteiger partial charge in [-0.2, -0.15) is 0 Å². The lowest BCUT2D eigenvalue weighted by molar-refractivity contribution is -0.133. The summed E-state index contributed by atoms with van der Waals surface area (Å²) in [4.78, 5) is 29.6. The Morgan fingerprint density at radius 2 is 2.29 bits per heavy atom. The van der Waals surface area contributed by atoms with Gasteiger partial charge in [0.05, 0.1) is 18.6 Å². The van der Waals surface area contributed by atoms with Crippen molar-refractivity contribution in [2.45, 2.75) is 19.9 Å². The van der Waals surface area contributed by atoms with Gasteiger partial charge in [0.15, 0.2) is 5.75 Å². The van der Waals surface area contributed by atoms with Crippen LogP contribution < -0.4 is 15.0 Å². The molecule has 0 saturated heterocycles. The second-order valence-electron chi connectivity index (χ2n) is 5.81. The highest BCUT2D eigenvalue weighted by atomic mass is 16.5. The fourth-order valence-electron chi connectivity index (χ4n) is 2.64. The van der Waals surface area contributed by atoms with Crippen molar-refractivity contribution in [3.8, 4) is 5.75 Å². The van der Waals surface area contributed by atoms with E-state index in [0.717, 1.165) is 24.2 Å². The van der Waals surface area contributed by atoms with E-state index < -0.39 is 0 Å². The highest BCUT2D eigenvalue weighted by Gasteiger charge is 2.25. The molecule has 0 fully saturated rings. The maximum absolute atomic E-state index is 12.1. The van der Waals surface area contributed by atoms with Gasteiger partial charge in [-0.1, -0.05) is 6.07 Å². The summed E-state index contributed by atoms with van der Waals surface area (Å²) in [6.07, 6.45) is 6.19. The average molecular weight is 328 g/mol. The standard InChI is InChI=1S/C17H20N4O3/c1-13-3-4-15-14(9-13)21(11-17(23)24-15)10-16(22)19-5-2-7-20-8-6-18-12-20/h3-4,6,8-9,12H,2,5,7,10-11H2,1H3,(H,19,22). The molecule has 7 heteroatoms. The van der Waals surface area contributed by atoms with Crippen molar-refractivity contribution in [2.75, 3.05) is 24.5 Å². The minimum Gasteiger partial charge on any atom is -0.423 e. The topological polar surface area (TPSA) is 76.5 Å². The van der Waals surface area contributed by atoms with Crippen molar-refractivity contribution in [3.63, 3.8) is 0 Å². The molecule has 0 spiro atoms. The fraction of sp³-hybridized carbons (Fsp3) is 0.353. The van der Waals surface area contributed by atoms with Crippen molar-refractivity contribution in [2.24, 2.45) is 0 Å². The zero-order chi connectivity index (χ0) is 16.9. The van der Waals surface area contributed by atoms with E-state index >= 15 is 0 Å². The highest BCUT2D eigenvalue weighted by molar-refractivity contribution is 5.89. The van der Waals surface area contributed by atoms with Crippen LogP contribution in [0.5, 0.6) is 5.75 Å². The maximum atomic E-state index is 12.1. The van der Waals surface area contributed by atoms with Crippen LogP contribution in [0.2, 0.25) is 0 Å². The number of aromatic nitrogens is 2. The number of carbonyl (C=O) groups excluding carboxylic acids is 2. The third-order valence-corrected chi connectivity index (χ3v) is 3.81. The van der Waals surface area contributed by atoms with Crippen molar-refractivity contribution in [3.05, 3.63) is 42.5 Å². The molecular weight excluding hydrogens is 308 g/mol. The van der Waals surface area contributed by atoms with Crippen molar-refractivity contribution >= 4 is 17.6 Å². The first-order chi connectivity index (χ1) is 11.6. The largest absolute Gasteiger partial charge is 0.423 e. The van der Waals surface area contributed by atoms with E-state index in [1.54, 1.807) is 23.5 Å². The van der Waals surface area contributed by atoms with Gasteiger partial charge < -0.3 is 19.5 Å². The van der Waals surface area contributed by atoms with Gasteiger partial charge in [0.2, 0.25) is 5.91 Å². The molecule has 7 nitrogen and oxygen atoms in total. The molecule has 1 aliphatic rings. The smallest absolute Gasteiger partial charge is 0.331 e. The van der Waals surface area contributed by atoms with Crippen LogP contribution in [0.1, 0.15) is 12.0 Å². The van der Waals surface area contributed by atoms with Gasteiger partial charge in [-0.15, -0.1) is 0 Å². The van der Waals surface area contributed by atoms with Gasteiger partial charge in [0.1, 0.15) is 6.54 Å². The predicted molar refractivity (Wildman–Crippen MR) is 88.9 cm³/mol. The number of hydrogen-bond acceptors (Lipinski definition) is 5. The van der Waals surface area contributed by atoms with Gasteiger partial charge in [-0.25, -0.2) is 9.78 Å². The van der Waals surface area contributed by atoms with E-state index in [1.807, 2.05) is 29.8 Å². The van der Waals surface area contributed by atoms with E-state index in [0.29, 0.717) is 12.3 Å². The van der Waals surface area contributed by atoms with Crippen LogP contribution in [0, 0.1) is 6.92 Å². The Balaban J connectivity index is 1.52. The number of rotatable bonds is 6. The number of carbonyl (C=O) groups is 2. The molecule has 0 atom stereocenters. The molecule has 1 amide bonds. The number of amides is 1. The molecule has 0 radical (unpaired) electrons. The van der Waals surface area contributed by atoms with Gasteiger partial charge >= 0.3 is 5.97 Å². The monoisotopic (exact) mass is 328 g/mol. The van der Waals surface area contributed by atoms with E-state index in [4.69, 9.17) is 4.74 Å². The molecule has 0 bridgehead atoms. The Kier molecular flexibility index (Phi) is 4.79. The molecule has 0 aliphatic carbocycles. The number of nitrogens with zero attached hydrogens (tertiary/aromatic N) is 3. The van der Waals surface area contributed by atoms with Crippen LogP contribution in [0.4, 0.5) is 5.69 Å². The van der Waals surface area contributed by atoms with Crippen LogP contribution >= 0.6 is 0 Å². The number of aryl methyl sites for hydroxylation is 2. The van der Waals surface area contributed by atoms with Crippen molar-refractivity contribution < 1.29 is 14.3 Å². The minimum atomic E-state index is -0.348. The number of fused-ring (bicyclic) bond motifs is 1. The molecule has 1 aromatic carbocycles. The number of nitrogens with one attached hydrogen (secondary N) is 1. The molecular formula is C17H20N4O3. The lowest BCUT2D eigenvalue weighted by Gasteiger charge is -2.29. The molecule has 2 heterocycles. The van der Waals surface area contributed by atoms with E-state index in [1.165, 1.54) is 0 Å². The predicted octanol–water partition coefficient (Wildman–Crippen LogP) is 1.12. The van der Waals surface area contributed by atoms with Crippen molar-refractivity contribution in [1.82, 2.24) is 14.9 Å². The second-order valence-corrected chi connectivity index (χ2v) is 5.81. The lowest BCUT2D eigenvalue weighted by atomic mass is 10.1. The first kappa shape index (κ1) is 16.0. The molecule has 1 aromatic heterocycles. The number of benzene rings is 1. The Morgan fingerprint density at radius 3 is 3.08 bits per heavy atom. The Labute approximate surface area is 140 Å². The number of esters is 1. The van der Waals surface area contributed by atoms with Crippen LogP contribution in [-0.4, -0.2) is 41.1 Å². The van der Waals surface area contributed by atoms with E-state index in [-0.39, 0.29) is 25.0 Å². The quantitative estimate of drug-likeness (QED) is 0.489. The summed E-state index contributed by atoms with van der Waals surface area (Å²) >= 11 is 0. The second kappa shape index (κ2) is 7.16. The molecule has 0 saturated carbocycles. The number of anilines is 1. The van der Waals surface area contributed by atoms with E-state index in [9.17, 15) is 9.59 Å². The first-order valence-corrected chi connectivity index (χ1v) is 7.90. The van der Waals surface area contributed by atoms with E-state index in [2.05, 4.69) is 10.3 Å². The van der Waals surface area contributed by atoms with Gasteiger partial charge in [0.25, 0.3) is 0 Å². The Bertz CT molecular complexity index is 727. The molecule has 126 valence electrons. The molecule has 3 rings (SSSR count). The molecule has 1 aliphatic heterocycles. The summed E-state index contributed by atoms with van der Waals surface area (Å²) in [5.41, 5.74) is 1.83. The minimum absolute atomic E-state index is 0.0823. The van der Waals surface area contributed by atoms with Gasteiger partial charge in [0, 0.05) is 25.5 Å². The first-order valence-electron chi connectivity index (χ1n) is 7.90. The lowest BCUT2D eigenvalue weighted by Crippen LogP contribution is -2.43. The van der Waals surface area contributed by atoms with Crippen LogP contribution in [0.3, 0.4) is 0 Å². The molecule has 2 aromatic rings. The highest BCUT2D eigenvalue weighted by Crippen LogP contribution is 2.32. The summed E-state index contributed by atoms with van der Waals surface area (Å²) in [6.45, 7) is 3.56. The fourth-order valence-corrected chi connectivity index (χ4v) is 2.64. The molecule has 24 heavy (non-hydrogen) atoms. The maximum Gasteiger partial charge on any atom is 0.331 e. The third kappa shape index (κ3) is 3.92. The van der Waals surface area contributed by atoms with Crippen LogP contribution in [0.25, 0.3) is 0 Å². The van der Waals surface area contributed by atoms with Gasteiger partial charge in [-0.05, 0) is 31.0 Å². The zero-order valence-electron chi connectivity index (χ0n) is 13.6. The summed E-state index contributed by atoms with van der Waals surface area (Å²) in [5.74, 6) is 0.0480. The third-order valence-electron chi connectivity index (χ3n) is 3.81. The summed E-state index contributed by atoms with van der Waals surface area (Å²) in [6, 6.07) is 5.57. The van der Waals surface area contributed by atoms with Crippen LogP contribution in [-0.2, 0) is 16.1 Å². The number of hydrogen-bond donors (Lipinski definition) is 1. The zero-order valence-corrected chi connectivity index (χ0v) is 13.6. The summed E-state index contributed by atoms with van der Waals surface area (Å²) < 4.78 is 7.18. The summed E-state index contributed by atoms with van der Waals surface area (Å²) in [7, 11) is 0. The average Bonchev–Trinajstić information content (AvgIpc) is 3.05. The Morgan fingerprint density at radius 1 is 1.42 bits per heavy atom. The Hall–Kier alpha value is -2.83. The van der Waals surface area contributed by atoms with Gasteiger partial charge in [-0.3, -0.25) is 4.79 Å². The molecule has 1 N–H and O–H groups in total.